The zero-order valence-electron chi connectivity index (χ0n) is 23.9. The van der Waals surface area contributed by atoms with Crippen molar-refractivity contribution in [3.63, 3.8) is 0 Å². The SMILES string of the molecule is Cc1ccc(COc2cccc(-c3cc(F)c(Cc4nc5ccc(C(=O)O)cc5n4CC4CC(F)(F)CO4)cc3F)n2)c(F)c1. The van der Waals surface area contributed by atoms with Gasteiger partial charge in [0, 0.05) is 30.0 Å². The molecule has 1 aliphatic rings. The highest BCUT2D eigenvalue weighted by Crippen LogP contribution is 2.32. The Morgan fingerprint density at radius 3 is 2.53 bits per heavy atom. The number of rotatable bonds is 9. The number of carbonyl (C=O) groups is 1. The van der Waals surface area contributed by atoms with E-state index in [1.807, 2.05) is 0 Å². The molecule has 0 aliphatic carbocycles. The predicted molar refractivity (Wildman–Crippen MR) is 154 cm³/mol. The van der Waals surface area contributed by atoms with E-state index in [-0.39, 0.29) is 53.7 Å². The number of pyridine rings is 1. The number of hydrogen-bond acceptors (Lipinski definition) is 5. The van der Waals surface area contributed by atoms with Gasteiger partial charge in [-0.25, -0.2) is 36.7 Å². The lowest BCUT2D eigenvalue weighted by Crippen LogP contribution is -2.19. The number of carboxylic acids is 1. The summed E-state index contributed by atoms with van der Waals surface area (Å²) in [5, 5.41) is 9.46. The third-order valence-electron chi connectivity index (χ3n) is 7.59. The second-order valence-corrected chi connectivity index (χ2v) is 11.0. The lowest BCUT2D eigenvalue weighted by Gasteiger charge is -2.15. The molecule has 1 fully saturated rings. The molecule has 2 aromatic heterocycles. The largest absolute Gasteiger partial charge is 0.478 e. The number of aromatic nitrogens is 3. The van der Waals surface area contributed by atoms with E-state index >= 15 is 8.78 Å². The summed E-state index contributed by atoms with van der Waals surface area (Å²) in [5.74, 6) is -5.88. The molecule has 1 saturated heterocycles. The maximum atomic E-state index is 15.5. The Hall–Kier alpha value is -4.84. The van der Waals surface area contributed by atoms with Crippen molar-refractivity contribution in [2.24, 2.45) is 0 Å². The molecule has 0 saturated carbocycles. The summed E-state index contributed by atoms with van der Waals surface area (Å²) in [7, 11) is 0. The van der Waals surface area contributed by atoms with Gasteiger partial charge in [-0.1, -0.05) is 18.2 Å². The number of fused-ring (bicyclic) bond motifs is 1. The van der Waals surface area contributed by atoms with Gasteiger partial charge in [0.2, 0.25) is 5.88 Å². The Morgan fingerprint density at radius 1 is 1.00 bits per heavy atom. The molecule has 1 atom stereocenters. The van der Waals surface area contributed by atoms with Crippen molar-refractivity contribution in [3.8, 4) is 17.1 Å². The molecule has 0 bridgehead atoms. The molecule has 232 valence electrons. The lowest BCUT2D eigenvalue weighted by atomic mass is 10.0. The minimum Gasteiger partial charge on any atom is -0.478 e. The van der Waals surface area contributed by atoms with Crippen molar-refractivity contribution in [1.29, 1.82) is 0 Å². The third-order valence-corrected chi connectivity index (χ3v) is 7.59. The van der Waals surface area contributed by atoms with E-state index in [9.17, 15) is 23.1 Å². The van der Waals surface area contributed by atoms with Crippen LogP contribution in [0.2, 0.25) is 0 Å². The molecule has 3 heterocycles. The molecule has 12 heteroatoms. The summed E-state index contributed by atoms with van der Waals surface area (Å²) in [6.45, 7) is 0.816. The van der Waals surface area contributed by atoms with Crippen LogP contribution in [0, 0.1) is 24.4 Å². The lowest BCUT2D eigenvalue weighted by molar-refractivity contribution is -0.0105. The number of aromatic carboxylic acids is 1. The van der Waals surface area contributed by atoms with Crippen molar-refractivity contribution in [2.75, 3.05) is 6.61 Å². The fourth-order valence-corrected chi connectivity index (χ4v) is 5.31. The molecule has 0 amide bonds. The summed E-state index contributed by atoms with van der Waals surface area (Å²) >= 11 is 0. The van der Waals surface area contributed by atoms with Crippen molar-refractivity contribution < 1.29 is 41.3 Å². The average Bonchev–Trinajstić information content (AvgIpc) is 3.52. The molecule has 0 radical (unpaired) electrons. The summed E-state index contributed by atoms with van der Waals surface area (Å²) in [6.07, 6.45) is -1.66. The second kappa shape index (κ2) is 11.9. The molecular weight excluding hydrogens is 597 g/mol. The monoisotopic (exact) mass is 623 g/mol. The van der Waals surface area contributed by atoms with Crippen LogP contribution < -0.4 is 4.74 Å². The molecule has 0 spiro atoms. The van der Waals surface area contributed by atoms with Gasteiger partial charge < -0.3 is 19.1 Å². The fraction of sp³-hybridized carbons (Fsp3) is 0.242. The van der Waals surface area contributed by atoms with E-state index < -0.39 is 48.5 Å². The predicted octanol–water partition coefficient (Wildman–Crippen LogP) is 7.12. The number of nitrogens with zero attached hydrogens (tertiary/aromatic N) is 3. The Morgan fingerprint density at radius 2 is 1.80 bits per heavy atom. The summed E-state index contributed by atoms with van der Waals surface area (Å²) in [4.78, 5) is 20.3. The van der Waals surface area contributed by atoms with Crippen LogP contribution in [0.15, 0.2) is 66.7 Å². The van der Waals surface area contributed by atoms with Crippen molar-refractivity contribution in [1.82, 2.24) is 14.5 Å². The Kier molecular flexibility index (Phi) is 8.00. The van der Waals surface area contributed by atoms with E-state index in [2.05, 4.69) is 9.97 Å². The quantitative estimate of drug-likeness (QED) is 0.176. The second-order valence-electron chi connectivity index (χ2n) is 11.0. The smallest absolute Gasteiger partial charge is 0.335 e. The molecule has 5 aromatic rings. The number of ether oxygens (including phenoxy) is 2. The van der Waals surface area contributed by atoms with Gasteiger partial charge in [0.15, 0.2) is 0 Å². The van der Waals surface area contributed by atoms with Gasteiger partial charge in [-0.2, -0.15) is 0 Å². The van der Waals surface area contributed by atoms with E-state index in [4.69, 9.17) is 9.47 Å². The number of halogens is 5. The molecule has 1 unspecified atom stereocenters. The highest BCUT2D eigenvalue weighted by molar-refractivity contribution is 5.92. The highest BCUT2D eigenvalue weighted by Gasteiger charge is 2.41. The Labute approximate surface area is 253 Å². The maximum Gasteiger partial charge on any atom is 0.335 e. The number of aryl methyl sites for hydroxylation is 1. The first kappa shape index (κ1) is 30.2. The van der Waals surface area contributed by atoms with Crippen molar-refractivity contribution in [3.05, 3.63) is 112 Å². The van der Waals surface area contributed by atoms with Gasteiger partial charge in [-0.3, -0.25) is 0 Å². The van der Waals surface area contributed by atoms with Crippen molar-refractivity contribution in [2.45, 2.75) is 44.9 Å². The van der Waals surface area contributed by atoms with Crippen LogP contribution in [-0.2, 0) is 24.3 Å². The Balaban J connectivity index is 1.28. The van der Waals surface area contributed by atoms with Crippen LogP contribution in [0.5, 0.6) is 5.88 Å². The van der Waals surface area contributed by atoms with Crippen LogP contribution >= 0.6 is 0 Å². The van der Waals surface area contributed by atoms with E-state index in [1.165, 1.54) is 41.0 Å². The molecule has 7 nitrogen and oxygen atoms in total. The van der Waals surface area contributed by atoms with Gasteiger partial charge in [-0.15, -0.1) is 0 Å². The standard InChI is InChI=1S/C33H26F5N3O4/c1-18-5-6-20(24(34)9-18)16-44-31-4-2-3-27(40-31)23-13-25(35)21(10-26(23)36)12-30-39-28-8-7-19(32(42)43)11-29(28)41(30)15-22-14-33(37,38)17-45-22/h2-11,13,22H,12,14-17H2,1H3,(H,42,43). The first-order valence-corrected chi connectivity index (χ1v) is 14.0. The zero-order valence-corrected chi connectivity index (χ0v) is 23.9. The zero-order chi connectivity index (χ0) is 31.9. The number of hydrogen-bond donors (Lipinski definition) is 1. The molecule has 1 N–H and O–H groups in total. The van der Waals surface area contributed by atoms with Crippen LogP contribution in [0.1, 0.15) is 39.3 Å². The summed E-state index contributed by atoms with van der Waals surface area (Å²) < 4.78 is 85.3. The van der Waals surface area contributed by atoms with E-state index in [1.54, 1.807) is 25.1 Å². The Bertz CT molecular complexity index is 1930. The molecule has 45 heavy (non-hydrogen) atoms. The van der Waals surface area contributed by atoms with Crippen LogP contribution in [0.4, 0.5) is 22.0 Å². The first-order valence-electron chi connectivity index (χ1n) is 14.0. The number of imidazole rings is 1. The van der Waals surface area contributed by atoms with Gasteiger partial charge in [0.1, 0.15) is 36.5 Å². The number of carboxylic acid groups (broad SMARTS) is 1. The summed E-state index contributed by atoms with van der Waals surface area (Å²) in [6, 6.07) is 15.4. The minimum absolute atomic E-state index is 0.0443. The highest BCUT2D eigenvalue weighted by atomic mass is 19.3. The minimum atomic E-state index is -3.01. The van der Waals surface area contributed by atoms with Gasteiger partial charge in [0.05, 0.1) is 34.9 Å². The first-order chi connectivity index (χ1) is 21.5. The van der Waals surface area contributed by atoms with Crippen LogP contribution in [0.3, 0.4) is 0 Å². The number of alkyl halides is 2. The normalized spacial score (nSPS) is 15.9. The van der Waals surface area contributed by atoms with Gasteiger partial charge in [0.25, 0.3) is 5.92 Å². The van der Waals surface area contributed by atoms with Gasteiger partial charge >= 0.3 is 5.97 Å². The molecule has 3 aromatic carbocycles. The fourth-order valence-electron chi connectivity index (χ4n) is 5.31. The van der Waals surface area contributed by atoms with Crippen molar-refractivity contribution >= 4 is 17.0 Å². The third kappa shape index (κ3) is 6.51. The molecule has 1 aliphatic heterocycles. The topological polar surface area (TPSA) is 86.5 Å². The maximum absolute atomic E-state index is 15.5. The van der Waals surface area contributed by atoms with Gasteiger partial charge in [-0.05, 0) is 60.5 Å². The average molecular weight is 624 g/mol. The summed E-state index contributed by atoms with van der Waals surface area (Å²) in [5.41, 5.74) is 1.62. The molecule has 6 rings (SSSR count). The number of benzene rings is 3. The van der Waals surface area contributed by atoms with Crippen LogP contribution in [0.25, 0.3) is 22.3 Å². The molecular formula is C33H26F5N3O4. The van der Waals surface area contributed by atoms with E-state index in [0.29, 0.717) is 16.6 Å². The van der Waals surface area contributed by atoms with Crippen LogP contribution in [-0.4, -0.2) is 44.2 Å². The van der Waals surface area contributed by atoms with E-state index in [0.717, 1.165) is 17.7 Å².